The zero-order valence-corrected chi connectivity index (χ0v) is 10.9. The van der Waals surface area contributed by atoms with E-state index in [1.807, 2.05) is 19.1 Å². The van der Waals surface area contributed by atoms with Gasteiger partial charge in [-0.15, -0.1) is 0 Å². The number of aryl methyl sites for hydroxylation is 1. The molecular weight excluding hydrogens is 224 g/mol. The van der Waals surface area contributed by atoms with E-state index in [1.54, 1.807) is 0 Å². The van der Waals surface area contributed by atoms with Gasteiger partial charge in [0.05, 0.1) is 6.04 Å². The summed E-state index contributed by atoms with van der Waals surface area (Å²) in [6.45, 7) is 5.01. The second-order valence-corrected chi connectivity index (χ2v) is 5.06. The van der Waals surface area contributed by atoms with Crippen molar-refractivity contribution in [3.63, 3.8) is 0 Å². The summed E-state index contributed by atoms with van der Waals surface area (Å²) in [5.41, 5.74) is 8.28. The predicted molar refractivity (Wildman–Crippen MR) is 73.6 cm³/mol. The van der Waals surface area contributed by atoms with Crippen LogP contribution in [0.5, 0.6) is 0 Å². The molecule has 3 nitrogen and oxygen atoms in total. The first-order valence-corrected chi connectivity index (χ1v) is 6.73. The number of rotatable bonds is 3. The lowest BCUT2D eigenvalue weighted by Crippen LogP contribution is -2.31. The van der Waals surface area contributed by atoms with Crippen LogP contribution in [-0.2, 0) is 0 Å². The van der Waals surface area contributed by atoms with E-state index in [1.165, 1.54) is 23.8 Å². The maximum absolute atomic E-state index is 6.02. The molecular formula is C15H20N2O. The number of para-hydroxylation sites is 1. The van der Waals surface area contributed by atoms with Crippen LogP contribution >= 0.6 is 0 Å². The molecule has 1 saturated heterocycles. The minimum absolute atomic E-state index is 0.302. The molecule has 1 aliphatic heterocycles. The van der Waals surface area contributed by atoms with Crippen molar-refractivity contribution in [1.82, 2.24) is 4.90 Å². The first-order valence-electron chi connectivity index (χ1n) is 6.73. The molecule has 2 N–H and O–H groups in total. The molecule has 3 heteroatoms. The van der Waals surface area contributed by atoms with Crippen molar-refractivity contribution >= 4 is 11.0 Å². The maximum Gasteiger partial charge on any atom is 0.134 e. The van der Waals surface area contributed by atoms with Crippen molar-refractivity contribution in [3.05, 3.63) is 35.6 Å². The first kappa shape index (κ1) is 11.8. The first-order chi connectivity index (χ1) is 8.81. The van der Waals surface area contributed by atoms with Crippen molar-refractivity contribution in [2.75, 3.05) is 19.6 Å². The van der Waals surface area contributed by atoms with Gasteiger partial charge < -0.3 is 10.2 Å². The summed E-state index contributed by atoms with van der Waals surface area (Å²) in [6.07, 6.45) is 2.57. The number of likely N-dealkylation sites (tertiary alicyclic amines) is 1. The zero-order valence-electron chi connectivity index (χ0n) is 10.9. The summed E-state index contributed by atoms with van der Waals surface area (Å²) in [4.78, 5) is 2.49. The molecule has 3 rings (SSSR count). The van der Waals surface area contributed by atoms with E-state index < -0.39 is 0 Å². The quantitative estimate of drug-likeness (QED) is 0.902. The molecule has 0 radical (unpaired) electrons. The van der Waals surface area contributed by atoms with Crippen molar-refractivity contribution in [3.8, 4) is 0 Å². The fourth-order valence-corrected chi connectivity index (χ4v) is 3.10. The predicted octanol–water partition coefficient (Wildman–Crippen LogP) is 2.84. The number of nitrogens with two attached hydrogens (primary N) is 1. The molecule has 1 unspecified atom stereocenters. The van der Waals surface area contributed by atoms with Crippen LogP contribution in [0.25, 0.3) is 11.0 Å². The SMILES string of the molecule is Cc1oc2ccccc2c1C(CN)N1CCCC1. The standard InChI is InChI=1S/C15H20N2O/c1-11-15(12-6-2-3-7-14(12)18-11)13(10-16)17-8-4-5-9-17/h2-3,6-7,13H,4-5,8-10,16H2,1H3. The average molecular weight is 244 g/mol. The largest absolute Gasteiger partial charge is 0.461 e. The molecule has 1 aromatic carbocycles. The molecule has 96 valence electrons. The Hall–Kier alpha value is -1.32. The topological polar surface area (TPSA) is 42.4 Å². The number of hydrogen-bond donors (Lipinski definition) is 1. The molecule has 0 aliphatic carbocycles. The van der Waals surface area contributed by atoms with Crippen LogP contribution in [0.1, 0.15) is 30.2 Å². The molecule has 1 atom stereocenters. The molecule has 18 heavy (non-hydrogen) atoms. The molecule has 0 saturated carbocycles. The van der Waals surface area contributed by atoms with Crippen molar-refractivity contribution in [2.24, 2.45) is 5.73 Å². The third-order valence-electron chi connectivity index (χ3n) is 3.96. The van der Waals surface area contributed by atoms with Gasteiger partial charge in [0.15, 0.2) is 0 Å². The van der Waals surface area contributed by atoms with Crippen LogP contribution in [0, 0.1) is 6.92 Å². The minimum atomic E-state index is 0.302. The van der Waals surface area contributed by atoms with Gasteiger partial charge in [0, 0.05) is 17.5 Å². The van der Waals surface area contributed by atoms with Gasteiger partial charge in [0.1, 0.15) is 11.3 Å². The Balaban J connectivity index is 2.08. The number of nitrogens with zero attached hydrogens (tertiary/aromatic N) is 1. The summed E-state index contributed by atoms with van der Waals surface area (Å²) in [7, 11) is 0. The highest BCUT2D eigenvalue weighted by atomic mass is 16.3. The minimum Gasteiger partial charge on any atom is -0.461 e. The Morgan fingerprint density at radius 2 is 2.00 bits per heavy atom. The molecule has 2 aromatic rings. The fraction of sp³-hybridized carbons (Fsp3) is 0.467. The van der Waals surface area contributed by atoms with E-state index >= 15 is 0 Å². The maximum atomic E-state index is 6.02. The van der Waals surface area contributed by atoms with Gasteiger partial charge >= 0.3 is 0 Å². The Morgan fingerprint density at radius 1 is 1.28 bits per heavy atom. The van der Waals surface area contributed by atoms with Crippen LogP contribution in [0.4, 0.5) is 0 Å². The van der Waals surface area contributed by atoms with Crippen molar-refractivity contribution < 1.29 is 4.42 Å². The lowest BCUT2D eigenvalue weighted by molar-refractivity contribution is 0.250. The molecule has 0 spiro atoms. The normalized spacial score (nSPS) is 18.6. The Kier molecular flexibility index (Phi) is 3.10. The summed E-state index contributed by atoms with van der Waals surface area (Å²) >= 11 is 0. The van der Waals surface area contributed by atoms with E-state index in [0.717, 1.165) is 24.4 Å². The van der Waals surface area contributed by atoms with Crippen LogP contribution < -0.4 is 5.73 Å². The van der Waals surface area contributed by atoms with Crippen LogP contribution in [0.15, 0.2) is 28.7 Å². The van der Waals surface area contributed by atoms with Gasteiger partial charge in [0.25, 0.3) is 0 Å². The van der Waals surface area contributed by atoms with Gasteiger partial charge in [-0.3, -0.25) is 4.90 Å². The number of benzene rings is 1. The second-order valence-electron chi connectivity index (χ2n) is 5.06. The smallest absolute Gasteiger partial charge is 0.134 e. The van der Waals surface area contributed by atoms with E-state index in [-0.39, 0.29) is 0 Å². The van der Waals surface area contributed by atoms with Gasteiger partial charge in [-0.05, 0) is 38.9 Å². The van der Waals surface area contributed by atoms with E-state index in [2.05, 4.69) is 17.0 Å². The molecule has 1 fully saturated rings. The average Bonchev–Trinajstić information content (AvgIpc) is 2.99. The number of hydrogen-bond acceptors (Lipinski definition) is 3. The monoisotopic (exact) mass is 244 g/mol. The van der Waals surface area contributed by atoms with E-state index in [9.17, 15) is 0 Å². The Labute approximate surface area is 108 Å². The van der Waals surface area contributed by atoms with Gasteiger partial charge in [0.2, 0.25) is 0 Å². The van der Waals surface area contributed by atoms with Crippen molar-refractivity contribution in [2.45, 2.75) is 25.8 Å². The summed E-state index contributed by atoms with van der Waals surface area (Å²) in [5, 5.41) is 1.22. The molecule has 1 aliphatic rings. The third-order valence-corrected chi connectivity index (χ3v) is 3.96. The van der Waals surface area contributed by atoms with Crippen LogP contribution in [0.3, 0.4) is 0 Å². The van der Waals surface area contributed by atoms with Gasteiger partial charge in [-0.25, -0.2) is 0 Å². The second kappa shape index (κ2) is 4.75. The van der Waals surface area contributed by atoms with Gasteiger partial charge in [-0.2, -0.15) is 0 Å². The Bertz CT molecular complexity index is 540. The van der Waals surface area contributed by atoms with Crippen LogP contribution in [-0.4, -0.2) is 24.5 Å². The molecule has 1 aromatic heterocycles. The number of furan rings is 1. The summed E-state index contributed by atoms with van der Waals surface area (Å²) in [6, 6.07) is 8.56. The zero-order chi connectivity index (χ0) is 12.5. The number of fused-ring (bicyclic) bond motifs is 1. The third kappa shape index (κ3) is 1.84. The molecule has 0 bridgehead atoms. The fourth-order valence-electron chi connectivity index (χ4n) is 3.10. The lowest BCUT2D eigenvalue weighted by atomic mass is 10.0. The highest BCUT2D eigenvalue weighted by Crippen LogP contribution is 2.34. The molecule has 2 heterocycles. The summed E-state index contributed by atoms with van der Waals surface area (Å²) < 4.78 is 5.86. The van der Waals surface area contributed by atoms with E-state index in [0.29, 0.717) is 12.6 Å². The van der Waals surface area contributed by atoms with Gasteiger partial charge in [-0.1, -0.05) is 18.2 Å². The van der Waals surface area contributed by atoms with E-state index in [4.69, 9.17) is 10.2 Å². The highest BCUT2D eigenvalue weighted by Gasteiger charge is 2.26. The summed E-state index contributed by atoms with van der Waals surface area (Å²) in [5.74, 6) is 1.01. The van der Waals surface area contributed by atoms with Crippen molar-refractivity contribution in [1.29, 1.82) is 0 Å². The highest BCUT2D eigenvalue weighted by molar-refractivity contribution is 5.82. The Morgan fingerprint density at radius 3 is 2.72 bits per heavy atom. The molecule has 0 amide bonds. The van der Waals surface area contributed by atoms with Crippen LogP contribution in [0.2, 0.25) is 0 Å². The lowest BCUT2D eigenvalue weighted by Gasteiger charge is -2.26.